The summed E-state index contributed by atoms with van der Waals surface area (Å²) in [4.78, 5) is 0. The lowest BCUT2D eigenvalue weighted by Crippen LogP contribution is -2.33. The molecule has 114 valence electrons. The van der Waals surface area contributed by atoms with Gasteiger partial charge in [-0.3, -0.25) is 0 Å². The quantitative estimate of drug-likeness (QED) is 0.681. The van der Waals surface area contributed by atoms with Gasteiger partial charge in [-0.1, -0.05) is 19.1 Å². The van der Waals surface area contributed by atoms with Gasteiger partial charge in [0, 0.05) is 12.6 Å². The number of benzene rings is 1. The highest BCUT2D eigenvalue weighted by molar-refractivity contribution is 7.89. The highest BCUT2D eigenvalue weighted by atomic mass is 32.2. The fourth-order valence-corrected chi connectivity index (χ4v) is 3.00. The predicted octanol–water partition coefficient (Wildman–Crippen LogP) is 1.68. The molecule has 0 aliphatic heterocycles. The van der Waals surface area contributed by atoms with Crippen LogP contribution in [-0.4, -0.2) is 34.4 Å². The van der Waals surface area contributed by atoms with E-state index in [1.54, 1.807) is 7.11 Å². The molecule has 0 aliphatic rings. The molecule has 0 saturated carbocycles. The van der Waals surface area contributed by atoms with Gasteiger partial charge in [-0.2, -0.15) is 0 Å². The van der Waals surface area contributed by atoms with Crippen molar-refractivity contribution in [2.75, 3.05) is 26.0 Å². The Morgan fingerprint density at radius 3 is 2.40 bits per heavy atom. The number of rotatable bonds is 9. The molecule has 1 unspecified atom stereocenters. The number of sulfonamides is 1. The highest BCUT2D eigenvalue weighted by Crippen LogP contribution is 2.17. The van der Waals surface area contributed by atoms with Crippen LogP contribution in [0, 0.1) is 0 Å². The molecule has 0 aromatic heterocycles. The largest absolute Gasteiger partial charge is 0.497 e. The summed E-state index contributed by atoms with van der Waals surface area (Å²) in [5.74, 6) is 0.848. The molecular formula is C14H24N2O3S. The minimum absolute atomic E-state index is 0.0908. The minimum Gasteiger partial charge on any atom is -0.497 e. The van der Waals surface area contributed by atoms with Crippen LogP contribution in [-0.2, 0) is 10.0 Å². The van der Waals surface area contributed by atoms with Crippen LogP contribution in [0.1, 0.15) is 31.9 Å². The van der Waals surface area contributed by atoms with Crippen molar-refractivity contribution in [1.29, 1.82) is 0 Å². The van der Waals surface area contributed by atoms with E-state index in [4.69, 9.17) is 4.74 Å². The molecule has 0 radical (unpaired) electrons. The van der Waals surface area contributed by atoms with E-state index >= 15 is 0 Å². The van der Waals surface area contributed by atoms with Crippen molar-refractivity contribution in [2.24, 2.45) is 0 Å². The fraction of sp³-hybridized carbons (Fsp3) is 0.571. The average Bonchev–Trinajstić information content (AvgIpc) is 2.43. The monoisotopic (exact) mass is 300 g/mol. The van der Waals surface area contributed by atoms with Crippen molar-refractivity contribution < 1.29 is 13.2 Å². The van der Waals surface area contributed by atoms with Crippen LogP contribution >= 0.6 is 0 Å². The fourth-order valence-electron chi connectivity index (χ4n) is 1.80. The normalized spacial score (nSPS) is 13.2. The van der Waals surface area contributed by atoms with Crippen molar-refractivity contribution in [2.45, 2.75) is 26.3 Å². The van der Waals surface area contributed by atoms with Gasteiger partial charge in [0.25, 0.3) is 0 Å². The van der Waals surface area contributed by atoms with E-state index < -0.39 is 10.0 Å². The molecule has 20 heavy (non-hydrogen) atoms. The number of nitrogens with one attached hydrogen (secondary N) is 2. The van der Waals surface area contributed by atoms with Gasteiger partial charge in [-0.25, -0.2) is 13.1 Å². The maximum absolute atomic E-state index is 11.9. The summed E-state index contributed by atoms with van der Waals surface area (Å²) in [5, 5.41) is 3.08. The highest BCUT2D eigenvalue weighted by Gasteiger charge is 2.15. The Morgan fingerprint density at radius 1 is 1.20 bits per heavy atom. The molecule has 0 aliphatic carbocycles. The first-order valence-corrected chi connectivity index (χ1v) is 8.48. The third-order valence-electron chi connectivity index (χ3n) is 2.95. The van der Waals surface area contributed by atoms with E-state index in [0.717, 1.165) is 24.3 Å². The zero-order valence-corrected chi connectivity index (χ0v) is 13.2. The molecule has 2 N–H and O–H groups in total. The third kappa shape index (κ3) is 5.90. The van der Waals surface area contributed by atoms with Crippen LogP contribution in [0.25, 0.3) is 0 Å². The number of methoxy groups -OCH3 is 1. The predicted molar refractivity (Wildman–Crippen MR) is 81.5 cm³/mol. The Hall–Kier alpha value is -1.11. The SMILES string of the molecule is CCCNCCS(=O)(=O)NC(C)c1ccc(OC)cc1. The topological polar surface area (TPSA) is 67.4 Å². The maximum Gasteiger partial charge on any atom is 0.213 e. The molecule has 0 bridgehead atoms. The summed E-state index contributed by atoms with van der Waals surface area (Å²) < 4.78 is 31.6. The van der Waals surface area contributed by atoms with Gasteiger partial charge in [-0.05, 0) is 37.6 Å². The Balaban J connectivity index is 2.52. The standard InChI is InChI=1S/C14H24N2O3S/c1-4-9-15-10-11-20(17,18)16-12(2)13-5-7-14(19-3)8-6-13/h5-8,12,15-16H,4,9-11H2,1-3H3. The first-order valence-electron chi connectivity index (χ1n) is 6.83. The second-order valence-electron chi connectivity index (χ2n) is 4.68. The van der Waals surface area contributed by atoms with Gasteiger partial charge in [0.2, 0.25) is 10.0 Å². The zero-order valence-electron chi connectivity index (χ0n) is 12.3. The van der Waals surface area contributed by atoms with Crippen LogP contribution < -0.4 is 14.8 Å². The van der Waals surface area contributed by atoms with Gasteiger partial charge < -0.3 is 10.1 Å². The van der Waals surface area contributed by atoms with Crippen molar-refractivity contribution in [1.82, 2.24) is 10.0 Å². The molecule has 1 atom stereocenters. The average molecular weight is 300 g/mol. The van der Waals surface area contributed by atoms with E-state index in [0.29, 0.717) is 6.54 Å². The molecular weight excluding hydrogens is 276 g/mol. The van der Waals surface area contributed by atoms with Crippen LogP contribution in [0.3, 0.4) is 0 Å². The molecule has 1 aromatic rings. The van der Waals surface area contributed by atoms with Crippen molar-refractivity contribution in [3.63, 3.8) is 0 Å². The van der Waals surface area contributed by atoms with Crippen molar-refractivity contribution >= 4 is 10.0 Å². The summed E-state index contributed by atoms with van der Waals surface area (Å²) in [5.41, 5.74) is 0.913. The summed E-state index contributed by atoms with van der Waals surface area (Å²) in [6.07, 6.45) is 0.996. The van der Waals surface area contributed by atoms with Crippen LogP contribution in [0.15, 0.2) is 24.3 Å². The first kappa shape index (κ1) is 16.9. The number of hydrogen-bond donors (Lipinski definition) is 2. The minimum atomic E-state index is -3.27. The maximum atomic E-state index is 11.9. The van der Waals surface area contributed by atoms with Crippen LogP contribution in [0.5, 0.6) is 5.75 Å². The summed E-state index contributed by atoms with van der Waals surface area (Å²) in [7, 11) is -1.67. The van der Waals surface area contributed by atoms with Crippen LogP contribution in [0.2, 0.25) is 0 Å². The van der Waals surface area contributed by atoms with Crippen LogP contribution in [0.4, 0.5) is 0 Å². The molecule has 5 nitrogen and oxygen atoms in total. The molecule has 6 heteroatoms. The molecule has 0 fully saturated rings. The van der Waals surface area contributed by atoms with Gasteiger partial charge in [0.1, 0.15) is 5.75 Å². The number of ether oxygens (including phenoxy) is 1. The third-order valence-corrected chi connectivity index (χ3v) is 4.40. The molecule has 0 spiro atoms. The molecule has 0 heterocycles. The first-order chi connectivity index (χ1) is 9.48. The zero-order chi connectivity index (χ0) is 15.0. The van der Waals surface area contributed by atoms with E-state index in [2.05, 4.69) is 10.0 Å². The summed E-state index contributed by atoms with van der Waals surface area (Å²) in [6, 6.07) is 7.12. The van der Waals surface area contributed by atoms with Gasteiger partial charge in [0.05, 0.1) is 12.9 Å². The Labute approximate surface area is 121 Å². The lowest BCUT2D eigenvalue weighted by Gasteiger charge is -2.15. The molecule has 1 aromatic carbocycles. The summed E-state index contributed by atoms with van der Waals surface area (Å²) in [6.45, 7) is 5.19. The van der Waals surface area contributed by atoms with E-state index in [-0.39, 0.29) is 11.8 Å². The Kier molecular flexibility index (Phi) is 6.98. The molecule has 1 rings (SSSR count). The van der Waals surface area contributed by atoms with Gasteiger partial charge in [0.15, 0.2) is 0 Å². The van der Waals surface area contributed by atoms with Crippen molar-refractivity contribution in [3.05, 3.63) is 29.8 Å². The van der Waals surface area contributed by atoms with Crippen molar-refractivity contribution in [3.8, 4) is 5.75 Å². The number of hydrogen-bond acceptors (Lipinski definition) is 4. The Bertz CT molecular complexity index is 486. The molecule has 0 saturated heterocycles. The van der Waals surface area contributed by atoms with E-state index in [1.807, 2.05) is 38.1 Å². The second-order valence-corrected chi connectivity index (χ2v) is 6.56. The van der Waals surface area contributed by atoms with E-state index in [9.17, 15) is 8.42 Å². The smallest absolute Gasteiger partial charge is 0.213 e. The lowest BCUT2D eigenvalue weighted by molar-refractivity contribution is 0.414. The Morgan fingerprint density at radius 2 is 1.85 bits per heavy atom. The molecule has 0 amide bonds. The second kappa shape index (κ2) is 8.24. The lowest BCUT2D eigenvalue weighted by atomic mass is 10.1. The van der Waals surface area contributed by atoms with Gasteiger partial charge >= 0.3 is 0 Å². The summed E-state index contributed by atoms with van der Waals surface area (Å²) >= 11 is 0. The van der Waals surface area contributed by atoms with E-state index in [1.165, 1.54) is 0 Å². The van der Waals surface area contributed by atoms with Gasteiger partial charge in [-0.15, -0.1) is 0 Å².